The van der Waals surface area contributed by atoms with Crippen molar-refractivity contribution >= 4 is 17.8 Å². The van der Waals surface area contributed by atoms with Gasteiger partial charge in [-0.25, -0.2) is 4.79 Å². The molecule has 3 atom stereocenters. The van der Waals surface area contributed by atoms with Gasteiger partial charge < -0.3 is 15.0 Å². The minimum absolute atomic E-state index is 0.114. The summed E-state index contributed by atoms with van der Waals surface area (Å²) in [4.78, 5) is 42.3. The first-order valence-electron chi connectivity index (χ1n) is 11.1. The quantitative estimate of drug-likeness (QED) is 0.753. The largest absolute Gasteiger partial charge is 0.497 e. The number of carbonyl (C=O) groups is 3. The number of carbonyl (C=O) groups excluding carboxylic acids is 3. The number of hydrogen-bond acceptors (Lipinski definition) is 4. The van der Waals surface area contributed by atoms with Gasteiger partial charge in [0.1, 0.15) is 17.8 Å². The van der Waals surface area contributed by atoms with E-state index in [1.165, 1.54) is 19.3 Å². The zero-order valence-electron chi connectivity index (χ0n) is 17.9. The van der Waals surface area contributed by atoms with Gasteiger partial charge in [-0.15, -0.1) is 0 Å². The fraction of sp³-hybridized carbons (Fsp3) is 0.609. The zero-order valence-corrected chi connectivity index (χ0v) is 17.9. The summed E-state index contributed by atoms with van der Waals surface area (Å²) in [5.41, 5.74) is -0.441. The summed E-state index contributed by atoms with van der Waals surface area (Å²) in [6, 6.07) is 6.90. The molecule has 2 heterocycles. The van der Waals surface area contributed by atoms with E-state index >= 15 is 0 Å². The summed E-state index contributed by atoms with van der Waals surface area (Å²) in [6.45, 7) is 2.40. The molecule has 0 radical (unpaired) electrons. The lowest BCUT2D eigenvalue weighted by Gasteiger charge is -2.44. The van der Waals surface area contributed by atoms with Crippen LogP contribution in [0.2, 0.25) is 0 Å². The summed E-state index contributed by atoms with van der Waals surface area (Å²) >= 11 is 0. The number of urea groups is 1. The van der Waals surface area contributed by atoms with E-state index < -0.39 is 11.6 Å². The number of piperidine rings is 1. The van der Waals surface area contributed by atoms with Crippen molar-refractivity contribution < 1.29 is 19.1 Å². The maximum absolute atomic E-state index is 13.4. The lowest BCUT2D eigenvalue weighted by molar-refractivity contribution is -0.143. The molecule has 4 amide bonds. The number of hydrogen-bond donors (Lipinski definition) is 1. The predicted octanol–water partition coefficient (Wildman–Crippen LogP) is 3.03. The second-order valence-electron chi connectivity index (χ2n) is 8.65. The van der Waals surface area contributed by atoms with E-state index in [0.29, 0.717) is 23.7 Å². The van der Waals surface area contributed by atoms with Crippen LogP contribution in [0.15, 0.2) is 24.3 Å². The van der Waals surface area contributed by atoms with Crippen LogP contribution >= 0.6 is 0 Å². The average molecular weight is 414 g/mol. The maximum atomic E-state index is 13.4. The summed E-state index contributed by atoms with van der Waals surface area (Å²) < 4.78 is 5.20. The fourth-order valence-electron chi connectivity index (χ4n) is 5.45. The lowest BCUT2D eigenvalue weighted by Crippen LogP contribution is -2.53. The molecule has 3 fully saturated rings. The molecule has 1 saturated carbocycles. The Morgan fingerprint density at radius 1 is 1.13 bits per heavy atom. The van der Waals surface area contributed by atoms with E-state index in [-0.39, 0.29) is 24.4 Å². The third-order valence-electron chi connectivity index (χ3n) is 7.15. The predicted molar refractivity (Wildman–Crippen MR) is 112 cm³/mol. The van der Waals surface area contributed by atoms with Crippen LogP contribution in [0.3, 0.4) is 0 Å². The molecular formula is C23H31N3O4. The van der Waals surface area contributed by atoms with Crippen molar-refractivity contribution in [2.75, 3.05) is 20.2 Å². The third kappa shape index (κ3) is 3.44. The topological polar surface area (TPSA) is 79.0 Å². The Morgan fingerprint density at radius 3 is 2.53 bits per heavy atom. The number of amides is 4. The van der Waals surface area contributed by atoms with E-state index in [2.05, 4.69) is 5.32 Å². The highest BCUT2D eigenvalue weighted by molar-refractivity contribution is 6.09. The van der Waals surface area contributed by atoms with Gasteiger partial charge in [-0.05, 0) is 55.7 Å². The van der Waals surface area contributed by atoms with Gasteiger partial charge in [0.05, 0.1) is 7.11 Å². The highest BCUT2D eigenvalue weighted by Gasteiger charge is 2.52. The van der Waals surface area contributed by atoms with E-state index in [1.807, 2.05) is 11.8 Å². The molecule has 2 aliphatic heterocycles. The van der Waals surface area contributed by atoms with E-state index in [1.54, 1.807) is 31.4 Å². The Balaban J connectivity index is 1.52. The molecule has 1 aromatic carbocycles. The highest BCUT2D eigenvalue weighted by atomic mass is 16.5. The minimum atomic E-state index is -1.14. The first kappa shape index (κ1) is 20.7. The average Bonchev–Trinajstić information content (AvgIpc) is 3.03. The number of rotatable bonds is 5. The molecule has 3 aliphatic rings. The van der Waals surface area contributed by atoms with Crippen molar-refractivity contribution in [2.45, 2.75) is 63.5 Å². The zero-order chi connectivity index (χ0) is 21.3. The van der Waals surface area contributed by atoms with Gasteiger partial charge in [0.25, 0.3) is 5.91 Å². The second kappa shape index (κ2) is 8.28. The molecule has 7 heteroatoms. The normalized spacial score (nSPS) is 28.9. The van der Waals surface area contributed by atoms with Crippen LogP contribution in [0.5, 0.6) is 5.75 Å². The van der Waals surface area contributed by atoms with Crippen molar-refractivity contribution in [3.63, 3.8) is 0 Å². The van der Waals surface area contributed by atoms with Crippen LogP contribution in [-0.2, 0) is 15.1 Å². The smallest absolute Gasteiger partial charge is 0.325 e. The lowest BCUT2D eigenvalue weighted by atomic mass is 9.78. The fourth-order valence-corrected chi connectivity index (χ4v) is 5.45. The number of benzene rings is 1. The Morgan fingerprint density at radius 2 is 1.83 bits per heavy atom. The maximum Gasteiger partial charge on any atom is 0.325 e. The van der Waals surface area contributed by atoms with Crippen molar-refractivity contribution in [3.05, 3.63) is 29.8 Å². The van der Waals surface area contributed by atoms with E-state index in [9.17, 15) is 14.4 Å². The van der Waals surface area contributed by atoms with Gasteiger partial charge in [-0.2, -0.15) is 0 Å². The van der Waals surface area contributed by atoms with Gasteiger partial charge in [0.15, 0.2) is 0 Å². The summed E-state index contributed by atoms with van der Waals surface area (Å²) in [5, 5.41) is 2.86. The Labute approximate surface area is 177 Å². The first-order valence-corrected chi connectivity index (χ1v) is 11.1. The number of nitrogens with zero attached hydrogens (tertiary/aromatic N) is 2. The molecule has 1 N–H and O–H groups in total. The van der Waals surface area contributed by atoms with Crippen LogP contribution in [0, 0.1) is 5.92 Å². The van der Waals surface area contributed by atoms with Crippen LogP contribution in [-0.4, -0.2) is 53.9 Å². The number of ether oxygens (including phenoxy) is 1. The molecule has 0 bridgehead atoms. The molecule has 0 aromatic heterocycles. The second-order valence-corrected chi connectivity index (χ2v) is 8.65. The first-order chi connectivity index (χ1) is 14.5. The molecule has 0 unspecified atom stereocenters. The Hall–Kier alpha value is -2.57. The van der Waals surface area contributed by atoms with Crippen molar-refractivity contribution in [1.82, 2.24) is 15.1 Å². The molecule has 4 rings (SSSR count). The van der Waals surface area contributed by atoms with Crippen molar-refractivity contribution in [2.24, 2.45) is 5.92 Å². The van der Waals surface area contributed by atoms with Gasteiger partial charge in [-0.1, -0.05) is 31.9 Å². The van der Waals surface area contributed by atoms with Gasteiger partial charge in [0, 0.05) is 12.6 Å². The van der Waals surface area contributed by atoms with Gasteiger partial charge in [0.2, 0.25) is 5.91 Å². The number of imide groups is 1. The Kier molecular flexibility index (Phi) is 5.71. The molecule has 1 aromatic rings. The SMILES string of the molecule is CC[C@]1(c2ccc(OC)cc2)NC(=O)N(CC(=O)N2CCC[C@@H]3CCCC[C@@H]32)C1=O. The molecule has 7 nitrogen and oxygen atoms in total. The summed E-state index contributed by atoms with van der Waals surface area (Å²) in [7, 11) is 1.58. The molecule has 30 heavy (non-hydrogen) atoms. The van der Waals surface area contributed by atoms with E-state index in [0.717, 1.165) is 30.7 Å². The number of likely N-dealkylation sites (tertiary alicyclic amines) is 1. The van der Waals surface area contributed by atoms with Crippen molar-refractivity contribution in [1.29, 1.82) is 0 Å². The standard InChI is InChI=1S/C23H31N3O4/c1-3-23(17-10-12-18(30-2)13-11-17)21(28)26(22(29)24-23)15-20(27)25-14-6-8-16-7-4-5-9-19(16)25/h10-13,16,19H,3-9,14-15H2,1-2H3,(H,24,29)/t16-,19-,23+/m0/s1. The molecule has 1 aliphatic carbocycles. The third-order valence-corrected chi connectivity index (χ3v) is 7.15. The molecule has 162 valence electrons. The van der Waals surface area contributed by atoms with Crippen LogP contribution in [0.4, 0.5) is 4.79 Å². The monoisotopic (exact) mass is 413 g/mol. The summed E-state index contributed by atoms with van der Waals surface area (Å²) in [5.74, 6) is 0.775. The molecular weight excluding hydrogens is 382 g/mol. The van der Waals surface area contributed by atoms with Crippen LogP contribution in [0.1, 0.15) is 57.4 Å². The molecule has 0 spiro atoms. The minimum Gasteiger partial charge on any atom is -0.497 e. The number of nitrogens with one attached hydrogen (secondary N) is 1. The van der Waals surface area contributed by atoms with Gasteiger partial charge >= 0.3 is 6.03 Å². The summed E-state index contributed by atoms with van der Waals surface area (Å²) in [6.07, 6.45) is 7.16. The molecule has 2 saturated heterocycles. The van der Waals surface area contributed by atoms with E-state index in [4.69, 9.17) is 4.74 Å². The van der Waals surface area contributed by atoms with Crippen LogP contribution in [0.25, 0.3) is 0 Å². The Bertz CT molecular complexity index is 822. The number of fused-ring (bicyclic) bond motifs is 1. The van der Waals surface area contributed by atoms with Crippen molar-refractivity contribution in [3.8, 4) is 5.75 Å². The van der Waals surface area contributed by atoms with Crippen LogP contribution < -0.4 is 10.1 Å². The highest BCUT2D eigenvalue weighted by Crippen LogP contribution is 2.36. The van der Waals surface area contributed by atoms with Gasteiger partial charge in [-0.3, -0.25) is 14.5 Å². The number of methoxy groups -OCH3 is 1.